The van der Waals surface area contributed by atoms with E-state index in [-0.39, 0.29) is 36.7 Å². The van der Waals surface area contributed by atoms with E-state index in [1.807, 2.05) is 18.2 Å². The minimum atomic E-state index is -0.624. The highest BCUT2D eigenvalue weighted by Gasteiger charge is 2.36. The third-order valence-corrected chi connectivity index (χ3v) is 4.07. The molecule has 1 aliphatic heterocycles. The van der Waals surface area contributed by atoms with Crippen LogP contribution in [0.3, 0.4) is 0 Å². The van der Waals surface area contributed by atoms with Gasteiger partial charge >= 0.3 is 11.9 Å². The number of ketones is 1. The molecule has 26 heavy (non-hydrogen) atoms. The maximum atomic E-state index is 12.7. The van der Waals surface area contributed by atoms with E-state index < -0.39 is 11.9 Å². The number of para-hydroxylation sites is 1. The molecule has 1 heterocycles. The van der Waals surface area contributed by atoms with Crippen LogP contribution in [0.25, 0.3) is 0 Å². The number of hydrogen-bond acceptors (Lipinski definition) is 6. The number of esters is 2. The molecule has 1 aliphatic rings. The van der Waals surface area contributed by atoms with E-state index in [9.17, 15) is 14.4 Å². The summed E-state index contributed by atoms with van der Waals surface area (Å²) in [6.45, 7) is 6.92. The van der Waals surface area contributed by atoms with Crippen LogP contribution >= 0.6 is 0 Å². The van der Waals surface area contributed by atoms with E-state index in [2.05, 4.69) is 0 Å². The zero-order valence-electron chi connectivity index (χ0n) is 15.5. The fourth-order valence-electron chi connectivity index (χ4n) is 2.91. The molecule has 1 aromatic carbocycles. The minimum absolute atomic E-state index is 0.0392. The first-order valence-corrected chi connectivity index (χ1v) is 8.55. The van der Waals surface area contributed by atoms with Crippen LogP contribution in [0.2, 0.25) is 0 Å². The van der Waals surface area contributed by atoms with Crippen LogP contribution in [0, 0.1) is 0 Å². The third kappa shape index (κ3) is 3.85. The van der Waals surface area contributed by atoms with Crippen LogP contribution in [-0.4, -0.2) is 30.9 Å². The number of carbonyl (C=O) groups is 3. The number of allylic oxidation sites excluding steroid dienone is 2. The maximum absolute atomic E-state index is 12.7. The lowest BCUT2D eigenvalue weighted by atomic mass is 9.93. The Kier molecular flexibility index (Phi) is 6.33. The summed E-state index contributed by atoms with van der Waals surface area (Å²) in [5.74, 6) is -1.41. The second-order valence-corrected chi connectivity index (χ2v) is 5.74. The summed E-state index contributed by atoms with van der Waals surface area (Å²) in [6, 6.07) is 9.08. The van der Waals surface area contributed by atoms with Crippen molar-refractivity contribution < 1.29 is 23.9 Å². The van der Waals surface area contributed by atoms with Gasteiger partial charge in [0.15, 0.2) is 5.78 Å². The molecular formula is C20H23NO5. The van der Waals surface area contributed by atoms with E-state index in [4.69, 9.17) is 9.47 Å². The second kappa shape index (κ2) is 8.47. The molecule has 0 atom stereocenters. The second-order valence-electron chi connectivity index (χ2n) is 5.74. The topological polar surface area (TPSA) is 72.9 Å². The van der Waals surface area contributed by atoms with Crippen molar-refractivity contribution in [2.45, 2.75) is 34.1 Å². The van der Waals surface area contributed by atoms with Crippen LogP contribution in [0.1, 0.15) is 34.1 Å². The maximum Gasteiger partial charge on any atom is 0.355 e. The summed E-state index contributed by atoms with van der Waals surface area (Å²) >= 11 is 0. The summed E-state index contributed by atoms with van der Waals surface area (Å²) in [5, 5.41) is 0. The van der Waals surface area contributed by atoms with Crippen molar-refractivity contribution in [2.75, 3.05) is 18.1 Å². The minimum Gasteiger partial charge on any atom is -0.463 e. The number of hydrogen-bond donors (Lipinski definition) is 0. The molecule has 6 heteroatoms. The molecule has 0 unspecified atom stereocenters. The van der Waals surface area contributed by atoms with Crippen LogP contribution in [0.4, 0.5) is 5.69 Å². The quantitative estimate of drug-likeness (QED) is 0.728. The number of anilines is 1. The lowest BCUT2D eigenvalue weighted by molar-refractivity contribution is -0.142. The van der Waals surface area contributed by atoms with Gasteiger partial charge in [-0.1, -0.05) is 18.2 Å². The van der Waals surface area contributed by atoms with Crippen LogP contribution in [0.15, 0.2) is 52.9 Å². The van der Waals surface area contributed by atoms with Gasteiger partial charge in [-0.2, -0.15) is 0 Å². The molecule has 0 aromatic heterocycles. The van der Waals surface area contributed by atoms with Crippen molar-refractivity contribution in [1.29, 1.82) is 0 Å². The Bertz CT molecular complexity index is 777. The first kappa shape index (κ1) is 19.4. The van der Waals surface area contributed by atoms with Gasteiger partial charge < -0.3 is 14.4 Å². The number of nitrogens with zero attached hydrogens (tertiary/aromatic N) is 1. The average molecular weight is 357 g/mol. The molecule has 6 nitrogen and oxygen atoms in total. The Morgan fingerprint density at radius 1 is 0.962 bits per heavy atom. The summed E-state index contributed by atoms with van der Waals surface area (Å²) in [7, 11) is 0. The Hall–Kier alpha value is -2.89. The number of carbonyl (C=O) groups excluding carboxylic acids is 3. The van der Waals surface area contributed by atoms with Gasteiger partial charge in [-0.25, -0.2) is 9.59 Å². The highest BCUT2D eigenvalue weighted by Crippen LogP contribution is 2.36. The Balaban J connectivity index is 2.71. The molecule has 0 saturated carbocycles. The first-order valence-electron chi connectivity index (χ1n) is 8.55. The molecule has 0 amide bonds. The number of ether oxygens (including phenoxy) is 2. The number of rotatable bonds is 6. The van der Waals surface area contributed by atoms with Crippen LogP contribution in [0.5, 0.6) is 0 Å². The molecular weight excluding hydrogens is 334 g/mol. The van der Waals surface area contributed by atoms with Gasteiger partial charge in [0.1, 0.15) is 5.70 Å². The molecule has 1 aromatic rings. The third-order valence-electron chi connectivity index (χ3n) is 4.07. The van der Waals surface area contributed by atoms with Crippen molar-refractivity contribution in [1.82, 2.24) is 0 Å². The zero-order valence-corrected chi connectivity index (χ0v) is 15.5. The molecule has 0 saturated heterocycles. The summed E-state index contributed by atoms with van der Waals surface area (Å²) < 4.78 is 10.3. The lowest BCUT2D eigenvalue weighted by Gasteiger charge is -2.33. The molecule has 0 fully saturated rings. The van der Waals surface area contributed by atoms with Gasteiger partial charge in [0, 0.05) is 23.4 Å². The largest absolute Gasteiger partial charge is 0.463 e. The van der Waals surface area contributed by atoms with Crippen molar-refractivity contribution in [2.24, 2.45) is 0 Å². The average Bonchev–Trinajstić information content (AvgIpc) is 2.62. The number of Topliss-reactive ketones (excluding diaryl/α,β-unsaturated/α-hetero) is 1. The van der Waals surface area contributed by atoms with Crippen molar-refractivity contribution >= 4 is 23.4 Å². The first-order chi connectivity index (χ1) is 12.4. The SMILES string of the molecule is CCOC(=O)C1=C(C(=O)OCC)N(c2ccccc2)C(C)=C(C(C)=O)C1. The molecule has 0 aliphatic carbocycles. The van der Waals surface area contributed by atoms with E-state index in [0.717, 1.165) is 0 Å². The van der Waals surface area contributed by atoms with Gasteiger partial charge in [-0.3, -0.25) is 4.79 Å². The van der Waals surface area contributed by atoms with Crippen molar-refractivity contribution in [3.05, 3.63) is 52.9 Å². The zero-order chi connectivity index (χ0) is 19.3. The molecule has 138 valence electrons. The highest BCUT2D eigenvalue weighted by atomic mass is 16.5. The molecule has 0 spiro atoms. The smallest absolute Gasteiger partial charge is 0.355 e. The molecule has 0 radical (unpaired) electrons. The molecule has 0 bridgehead atoms. The van der Waals surface area contributed by atoms with Crippen LogP contribution < -0.4 is 4.90 Å². The standard InChI is InChI=1S/C20H23NO5/c1-5-25-19(23)17-12-16(14(4)22)13(3)21(15-10-8-7-9-11-15)18(17)20(24)26-6-2/h7-11H,5-6,12H2,1-4H3. The summed E-state index contributed by atoms with van der Waals surface area (Å²) in [6.07, 6.45) is 0.0392. The van der Waals surface area contributed by atoms with Gasteiger partial charge in [-0.05, 0) is 39.8 Å². The Labute approximate surface area is 153 Å². The predicted octanol–water partition coefficient (Wildman–Crippen LogP) is 3.14. The number of benzene rings is 1. The monoisotopic (exact) mass is 357 g/mol. The normalized spacial score (nSPS) is 14.4. The van der Waals surface area contributed by atoms with Gasteiger partial charge in [0.25, 0.3) is 0 Å². The van der Waals surface area contributed by atoms with E-state index in [1.54, 1.807) is 37.8 Å². The summed E-state index contributed by atoms with van der Waals surface area (Å²) in [5.41, 5.74) is 1.95. The fraction of sp³-hybridized carbons (Fsp3) is 0.350. The van der Waals surface area contributed by atoms with Crippen molar-refractivity contribution in [3.63, 3.8) is 0 Å². The van der Waals surface area contributed by atoms with E-state index >= 15 is 0 Å². The lowest BCUT2D eigenvalue weighted by Crippen LogP contribution is -2.35. The van der Waals surface area contributed by atoms with Gasteiger partial charge in [0.2, 0.25) is 0 Å². The Morgan fingerprint density at radius 3 is 2.08 bits per heavy atom. The van der Waals surface area contributed by atoms with Crippen molar-refractivity contribution in [3.8, 4) is 0 Å². The fourth-order valence-corrected chi connectivity index (χ4v) is 2.91. The molecule has 2 rings (SSSR count). The predicted molar refractivity (Wildman–Crippen MR) is 97.2 cm³/mol. The Morgan fingerprint density at radius 2 is 1.54 bits per heavy atom. The van der Waals surface area contributed by atoms with Crippen LogP contribution in [-0.2, 0) is 23.9 Å². The van der Waals surface area contributed by atoms with E-state index in [0.29, 0.717) is 17.0 Å². The summed E-state index contributed by atoms with van der Waals surface area (Å²) in [4.78, 5) is 38.9. The van der Waals surface area contributed by atoms with Gasteiger partial charge in [0.05, 0.1) is 18.8 Å². The van der Waals surface area contributed by atoms with Gasteiger partial charge in [-0.15, -0.1) is 0 Å². The van der Waals surface area contributed by atoms with E-state index in [1.165, 1.54) is 6.92 Å². The highest BCUT2D eigenvalue weighted by molar-refractivity contribution is 6.08. The molecule has 0 N–H and O–H groups in total.